The van der Waals surface area contributed by atoms with Crippen molar-refractivity contribution in [1.29, 1.82) is 0 Å². The van der Waals surface area contributed by atoms with Crippen molar-refractivity contribution >= 4 is 0 Å². The molecule has 2 atom stereocenters. The van der Waals surface area contributed by atoms with Crippen LogP contribution in [-0.2, 0) is 0 Å². The molecule has 0 amide bonds. The van der Waals surface area contributed by atoms with Gasteiger partial charge in [-0.3, -0.25) is 0 Å². The molecule has 0 aromatic carbocycles. The largest absolute Gasteiger partial charge is 0.317 e. The van der Waals surface area contributed by atoms with Gasteiger partial charge in [-0.15, -0.1) is 0 Å². The maximum absolute atomic E-state index is 8.43. The molecule has 0 fully saturated rings. The van der Waals surface area contributed by atoms with Crippen LogP contribution in [0.2, 0.25) is 0 Å². The molecule has 2 unspecified atom stereocenters. The van der Waals surface area contributed by atoms with Crippen molar-refractivity contribution in [3.8, 4) is 0 Å². The lowest BCUT2D eigenvalue weighted by atomic mass is 9.94. The zero-order valence-electron chi connectivity index (χ0n) is 7.93. The number of hydrogen-bond donors (Lipinski definition) is 2. The smallest absolute Gasteiger partial charge is 0.0233 e. The van der Waals surface area contributed by atoms with E-state index in [1.807, 2.05) is 0 Å². The van der Waals surface area contributed by atoms with Crippen LogP contribution in [0.5, 0.6) is 0 Å². The second kappa shape index (κ2) is 6.62. The highest BCUT2D eigenvalue weighted by atomic mass is 16.5. The Hall–Kier alpha value is -0.0800. The first-order valence-corrected chi connectivity index (χ1v) is 4.57. The molecule has 0 aliphatic rings. The Morgan fingerprint density at radius 2 is 1.91 bits per heavy atom. The zero-order chi connectivity index (χ0) is 8.69. The molecule has 0 heterocycles. The van der Waals surface area contributed by atoms with Gasteiger partial charge >= 0.3 is 0 Å². The number of nitrogens with one attached hydrogen (secondary N) is 1. The van der Waals surface area contributed by atoms with Crippen LogP contribution in [-0.4, -0.2) is 11.8 Å². The molecule has 0 aliphatic heterocycles. The first kappa shape index (κ1) is 10.9. The van der Waals surface area contributed by atoms with E-state index in [2.05, 4.69) is 26.3 Å². The zero-order valence-corrected chi connectivity index (χ0v) is 7.93. The molecule has 2 nitrogen and oxygen atoms in total. The summed E-state index contributed by atoms with van der Waals surface area (Å²) in [5.41, 5.74) is 2.21. The monoisotopic (exact) mass is 159 g/mol. The standard InChI is InChI=1S/C9H21NO/c1-4-5-8(2)6-9(3)7-10-11/h8-11H,4-7H2,1-3H3. The summed E-state index contributed by atoms with van der Waals surface area (Å²) in [4.78, 5) is 0. The summed E-state index contributed by atoms with van der Waals surface area (Å²) >= 11 is 0. The highest BCUT2D eigenvalue weighted by molar-refractivity contribution is 4.59. The molecule has 0 aromatic heterocycles. The fourth-order valence-corrected chi connectivity index (χ4v) is 1.54. The predicted molar refractivity (Wildman–Crippen MR) is 47.6 cm³/mol. The van der Waals surface area contributed by atoms with E-state index in [0.717, 1.165) is 5.92 Å². The molecule has 0 radical (unpaired) electrons. The summed E-state index contributed by atoms with van der Waals surface area (Å²) in [5, 5.41) is 8.43. The Kier molecular flexibility index (Phi) is 6.57. The Labute approximate surface area is 70.0 Å². The summed E-state index contributed by atoms with van der Waals surface area (Å²) in [6.07, 6.45) is 3.78. The highest BCUT2D eigenvalue weighted by Crippen LogP contribution is 2.15. The van der Waals surface area contributed by atoms with Crippen molar-refractivity contribution < 1.29 is 5.21 Å². The van der Waals surface area contributed by atoms with E-state index >= 15 is 0 Å². The lowest BCUT2D eigenvalue weighted by Crippen LogP contribution is -2.18. The van der Waals surface area contributed by atoms with Gasteiger partial charge in [0.2, 0.25) is 0 Å². The number of hydroxylamine groups is 1. The third-order valence-corrected chi connectivity index (χ3v) is 2.03. The van der Waals surface area contributed by atoms with Crippen LogP contribution in [0.1, 0.15) is 40.0 Å². The maximum Gasteiger partial charge on any atom is 0.0233 e. The minimum absolute atomic E-state index is 0.585. The van der Waals surface area contributed by atoms with Crippen LogP contribution in [0.4, 0.5) is 0 Å². The average Bonchev–Trinajstić information content (AvgIpc) is 1.87. The van der Waals surface area contributed by atoms with E-state index in [1.54, 1.807) is 0 Å². The Bertz CT molecular complexity index is 75.6. The number of rotatable bonds is 6. The molecule has 0 aromatic rings. The molecule has 0 saturated carbocycles. The molecule has 2 heteroatoms. The summed E-state index contributed by atoms with van der Waals surface area (Å²) in [6, 6.07) is 0. The lowest BCUT2D eigenvalue weighted by Gasteiger charge is -2.15. The molecule has 0 rings (SSSR count). The molecular weight excluding hydrogens is 138 g/mol. The van der Waals surface area contributed by atoms with Gasteiger partial charge in [-0.25, -0.2) is 5.48 Å². The van der Waals surface area contributed by atoms with Crippen LogP contribution in [0, 0.1) is 11.8 Å². The van der Waals surface area contributed by atoms with Crippen LogP contribution in [0.15, 0.2) is 0 Å². The Morgan fingerprint density at radius 1 is 1.27 bits per heavy atom. The summed E-state index contributed by atoms with van der Waals surface area (Å²) in [7, 11) is 0. The van der Waals surface area contributed by atoms with Crippen LogP contribution >= 0.6 is 0 Å². The van der Waals surface area contributed by atoms with Gasteiger partial charge in [0.1, 0.15) is 0 Å². The van der Waals surface area contributed by atoms with E-state index in [0.29, 0.717) is 12.5 Å². The molecular formula is C9H21NO. The van der Waals surface area contributed by atoms with Gasteiger partial charge in [-0.1, -0.05) is 33.6 Å². The van der Waals surface area contributed by atoms with Crippen molar-refractivity contribution in [1.82, 2.24) is 5.48 Å². The van der Waals surface area contributed by atoms with Crippen molar-refractivity contribution in [3.05, 3.63) is 0 Å². The van der Waals surface area contributed by atoms with Gasteiger partial charge in [0.25, 0.3) is 0 Å². The van der Waals surface area contributed by atoms with Crippen molar-refractivity contribution in [2.75, 3.05) is 6.54 Å². The molecule has 0 aliphatic carbocycles. The van der Waals surface area contributed by atoms with Crippen LogP contribution in [0.3, 0.4) is 0 Å². The van der Waals surface area contributed by atoms with Gasteiger partial charge in [0.15, 0.2) is 0 Å². The number of hydrogen-bond acceptors (Lipinski definition) is 2. The maximum atomic E-state index is 8.43. The first-order chi connectivity index (χ1) is 5.20. The third kappa shape index (κ3) is 6.32. The minimum Gasteiger partial charge on any atom is -0.317 e. The second-order valence-corrected chi connectivity index (χ2v) is 3.60. The van der Waals surface area contributed by atoms with Crippen LogP contribution in [0.25, 0.3) is 0 Å². The third-order valence-electron chi connectivity index (χ3n) is 2.03. The van der Waals surface area contributed by atoms with Gasteiger partial charge in [-0.2, -0.15) is 0 Å². The molecule has 0 saturated heterocycles. The fraction of sp³-hybridized carbons (Fsp3) is 1.00. The van der Waals surface area contributed by atoms with Crippen LogP contribution < -0.4 is 5.48 Å². The Morgan fingerprint density at radius 3 is 2.36 bits per heavy atom. The van der Waals surface area contributed by atoms with E-state index in [9.17, 15) is 0 Å². The fourth-order valence-electron chi connectivity index (χ4n) is 1.54. The predicted octanol–water partition coefficient (Wildman–Crippen LogP) is 2.43. The topological polar surface area (TPSA) is 32.3 Å². The van der Waals surface area contributed by atoms with Gasteiger partial charge in [-0.05, 0) is 18.3 Å². The summed E-state index contributed by atoms with van der Waals surface area (Å²) in [6.45, 7) is 7.37. The van der Waals surface area contributed by atoms with E-state index in [1.165, 1.54) is 19.3 Å². The normalized spacial score (nSPS) is 16.4. The van der Waals surface area contributed by atoms with Gasteiger partial charge < -0.3 is 5.21 Å². The van der Waals surface area contributed by atoms with E-state index in [-0.39, 0.29) is 0 Å². The first-order valence-electron chi connectivity index (χ1n) is 4.57. The second-order valence-electron chi connectivity index (χ2n) is 3.60. The van der Waals surface area contributed by atoms with Crippen molar-refractivity contribution in [2.45, 2.75) is 40.0 Å². The molecule has 0 bridgehead atoms. The summed E-state index contributed by atoms with van der Waals surface area (Å²) < 4.78 is 0. The average molecular weight is 159 g/mol. The molecule has 11 heavy (non-hydrogen) atoms. The lowest BCUT2D eigenvalue weighted by molar-refractivity contribution is 0.145. The molecule has 2 N–H and O–H groups in total. The minimum atomic E-state index is 0.585. The Balaban J connectivity index is 3.32. The van der Waals surface area contributed by atoms with Gasteiger partial charge in [0.05, 0.1) is 0 Å². The highest BCUT2D eigenvalue weighted by Gasteiger charge is 2.06. The van der Waals surface area contributed by atoms with Crippen molar-refractivity contribution in [3.63, 3.8) is 0 Å². The molecule has 0 spiro atoms. The van der Waals surface area contributed by atoms with E-state index < -0.39 is 0 Å². The SMILES string of the molecule is CCCC(C)CC(C)CNO. The quantitative estimate of drug-likeness (QED) is 0.583. The summed E-state index contributed by atoms with van der Waals surface area (Å²) in [5.74, 6) is 1.38. The van der Waals surface area contributed by atoms with Crippen molar-refractivity contribution in [2.24, 2.45) is 11.8 Å². The van der Waals surface area contributed by atoms with E-state index in [4.69, 9.17) is 5.21 Å². The van der Waals surface area contributed by atoms with Gasteiger partial charge in [0, 0.05) is 6.54 Å². The molecule has 68 valence electrons.